The van der Waals surface area contributed by atoms with Gasteiger partial charge in [0.25, 0.3) is 0 Å². The molecule has 3 aromatic heterocycles. The molecule has 0 saturated heterocycles. The first kappa shape index (κ1) is 18.3. The standard InChI is InChI=1S/C20H18ClFN6/c1-12(2)24-20-23-7-5-17(25-20)14-6-8-28-18(26-27-19(28)11-14)10-13-3-4-15(21)16(22)9-13/h3-9,11-12H,10H2,1-2H3,(H,23,24,25). The van der Waals surface area contributed by atoms with Gasteiger partial charge in [-0.1, -0.05) is 17.7 Å². The van der Waals surface area contributed by atoms with Gasteiger partial charge in [0.15, 0.2) is 5.65 Å². The van der Waals surface area contributed by atoms with Crippen molar-refractivity contribution in [1.82, 2.24) is 24.6 Å². The second-order valence-electron chi connectivity index (χ2n) is 6.75. The van der Waals surface area contributed by atoms with Crippen LogP contribution in [-0.4, -0.2) is 30.6 Å². The van der Waals surface area contributed by atoms with Crippen molar-refractivity contribution in [3.8, 4) is 11.3 Å². The second-order valence-corrected chi connectivity index (χ2v) is 7.16. The number of anilines is 1. The molecule has 3 heterocycles. The average Bonchev–Trinajstić information content (AvgIpc) is 3.06. The van der Waals surface area contributed by atoms with Crippen LogP contribution in [0.5, 0.6) is 0 Å². The first-order valence-corrected chi connectivity index (χ1v) is 9.25. The smallest absolute Gasteiger partial charge is 0.223 e. The summed E-state index contributed by atoms with van der Waals surface area (Å²) in [6, 6.07) is 10.7. The van der Waals surface area contributed by atoms with E-state index in [-0.39, 0.29) is 11.1 Å². The van der Waals surface area contributed by atoms with Crippen LogP contribution in [0.1, 0.15) is 25.2 Å². The van der Waals surface area contributed by atoms with E-state index in [0.717, 1.165) is 16.8 Å². The minimum absolute atomic E-state index is 0.107. The van der Waals surface area contributed by atoms with Crippen molar-refractivity contribution < 1.29 is 4.39 Å². The molecule has 0 aliphatic heterocycles. The fraction of sp³-hybridized carbons (Fsp3) is 0.200. The highest BCUT2D eigenvalue weighted by Crippen LogP contribution is 2.21. The molecule has 0 aliphatic carbocycles. The molecule has 0 bridgehead atoms. The normalized spacial score (nSPS) is 11.3. The Morgan fingerprint density at radius 2 is 2.00 bits per heavy atom. The Morgan fingerprint density at radius 1 is 1.14 bits per heavy atom. The largest absolute Gasteiger partial charge is 0.352 e. The second kappa shape index (κ2) is 7.52. The van der Waals surface area contributed by atoms with Crippen molar-refractivity contribution in [2.75, 3.05) is 5.32 Å². The number of hydrogen-bond donors (Lipinski definition) is 1. The Labute approximate surface area is 166 Å². The van der Waals surface area contributed by atoms with Crippen LogP contribution in [0, 0.1) is 5.82 Å². The lowest BCUT2D eigenvalue weighted by atomic mass is 10.1. The monoisotopic (exact) mass is 396 g/mol. The van der Waals surface area contributed by atoms with Gasteiger partial charge in [0.05, 0.1) is 10.7 Å². The van der Waals surface area contributed by atoms with Crippen molar-refractivity contribution in [3.63, 3.8) is 0 Å². The number of hydrogen-bond acceptors (Lipinski definition) is 5. The highest BCUT2D eigenvalue weighted by molar-refractivity contribution is 6.30. The molecular formula is C20H18ClFN6. The number of halogens is 2. The Balaban J connectivity index is 1.63. The zero-order valence-electron chi connectivity index (χ0n) is 15.4. The summed E-state index contributed by atoms with van der Waals surface area (Å²) < 4.78 is 15.6. The zero-order chi connectivity index (χ0) is 19.7. The summed E-state index contributed by atoms with van der Waals surface area (Å²) in [6.45, 7) is 4.07. The number of aromatic nitrogens is 5. The molecule has 8 heteroatoms. The first-order valence-electron chi connectivity index (χ1n) is 8.87. The molecule has 4 rings (SSSR count). The molecule has 0 radical (unpaired) electrons. The SMILES string of the molecule is CC(C)Nc1nccc(-c2ccn3c(Cc4ccc(Cl)c(F)c4)nnc3c2)n1. The van der Waals surface area contributed by atoms with Gasteiger partial charge in [-0.15, -0.1) is 10.2 Å². The van der Waals surface area contributed by atoms with Gasteiger partial charge >= 0.3 is 0 Å². The van der Waals surface area contributed by atoms with Crippen LogP contribution >= 0.6 is 11.6 Å². The summed E-state index contributed by atoms with van der Waals surface area (Å²) in [6.07, 6.45) is 4.07. The van der Waals surface area contributed by atoms with Gasteiger partial charge in [-0.2, -0.15) is 0 Å². The van der Waals surface area contributed by atoms with E-state index in [0.29, 0.717) is 23.8 Å². The topological polar surface area (TPSA) is 68.0 Å². The van der Waals surface area contributed by atoms with Crippen LogP contribution in [-0.2, 0) is 6.42 Å². The van der Waals surface area contributed by atoms with Crippen LogP contribution in [0.4, 0.5) is 10.3 Å². The predicted molar refractivity (Wildman–Crippen MR) is 107 cm³/mol. The lowest BCUT2D eigenvalue weighted by Gasteiger charge is -2.09. The van der Waals surface area contributed by atoms with E-state index >= 15 is 0 Å². The van der Waals surface area contributed by atoms with E-state index in [9.17, 15) is 4.39 Å². The molecule has 6 nitrogen and oxygen atoms in total. The Bertz CT molecular complexity index is 1140. The number of benzene rings is 1. The summed E-state index contributed by atoms with van der Waals surface area (Å²) in [7, 11) is 0. The van der Waals surface area contributed by atoms with E-state index in [2.05, 4.69) is 25.5 Å². The van der Waals surface area contributed by atoms with E-state index in [1.165, 1.54) is 6.07 Å². The molecule has 4 aromatic rings. The van der Waals surface area contributed by atoms with Gasteiger partial charge in [0, 0.05) is 30.4 Å². The molecule has 28 heavy (non-hydrogen) atoms. The van der Waals surface area contributed by atoms with Crippen LogP contribution in [0.15, 0.2) is 48.8 Å². The molecule has 1 aromatic carbocycles. The minimum atomic E-state index is -0.440. The maximum absolute atomic E-state index is 13.7. The number of fused-ring (bicyclic) bond motifs is 1. The summed E-state index contributed by atoms with van der Waals surface area (Å²) in [5, 5.41) is 11.8. The summed E-state index contributed by atoms with van der Waals surface area (Å²) in [4.78, 5) is 8.78. The first-order chi connectivity index (χ1) is 13.5. The third kappa shape index (κ3) is 3.80. The zero-order valence-corrected chi connectivity index (χ0v) is 16.2. The Morgan fingerprint density at radius 3 is 2.79 bits per heavy atom. The van der Waals surface area contributed by atoms with Crippen molar-refractivity contribution in [2.45, 2.75) is 26.3 Å². The van der Waals surface area contributed by atoms with Crippen LogP contribution in [0.25, 0.3) is 16.9 Å². The van der Waals surface area contributed by atoms with Crippen molar-refractivity contribution in [3.05, 3.63) is 71.0 Å². The van der Waals surface area contributed by atoms with Crippen molar-refractivity contribution in [2.24, 2.45) is 0 Å². The van der Waals surface area contributed by atoms with Gasteiger partial charge in [0.1, 0.15) is 11.6 Å². The predicted octanol–water partition coefficient (Wildman–Crippen LogP) is 4.39. The summed E-state index contributed by atoms with van der Waals surface area (Å²) >= 11 is 5.75. The lowest BCUT2D eigenvalue weighted by Crippen LogP contribution is -2.12. The summed E-state index contributed by atoms with van der Waals surface area (Å²) in [5.41, 5.74) is 3.18. The fourth-order valence-electron chi connectivity index (χ4n) is 2.90. The van der Waals surface area contributed by atoms with Crippen LogP contribution in [0.2, 0.25) is 5.02 Å². The van der Waals surface area contributed by atoms with Gasteiger partial charge in [-0.3, -0.25) is 4.40 Å². The van der Waals surface area contributed by atoms with Gasteiger partial charge in [-0.25, -0.2) is 14.4 Å². The number of nitrogens with zero attached hydrogens (tertiary/aromatic N) is 5. The van der Waals surface area contributed by atoms with E-state index in [1.807, 2.05) is 42.6 Å². The highest BCUT2D eigenvalue weighted by Gasteiger charge is 2.11. The quantitative estimate of drug-likeness (QED) is 0.542. The third-order valence-corrected chi connectivity index (χ3v) is 4.50. The molecule has 0 spiro atoms. The molecule has 0 unspecified atom stereocenters. The van der Waals surface area contributed by atoms with Crippen LogP contribution in [0.3, 0.4) is 0 Å². The van der Waals surface area contributed by atoms with Crippen LogP contribution < -0.4 is 5.32 Å². The number of pyridine rings is 1. The van der Waals surface area contributed by atoms with Gasteiger partial charge < -0.3 is 5.32 Å². The molecule has 0 aliphatic rings. The molecular weight excluding hydrogens is 379 g/mol. The Hall–Kier alpha value is -3.06. The number of nitrogens with one attached hydrogen (secondary N) is 1. The summed E-state index contributed by atoms with van der Waals surface area (Å²) in [5.74, 6) is 0.859. The third-order valence-electron chi connectivity index (χ3n) is 4.20. The molecule has 0 fully saturated rings. The van der Waals surface area contributed by atoms with Crippen molar-refractivity contribution >= 4 is 23.2 Å². The fourth-order valence-corrected chi connectivity index (χ4v) is 3.02. The van der Waals surface area contributed by atoms with E-state index < -0.39 is 5.82 Å². The molecule has 0 amide bonds. The maximum atomic E-state index is 13.7. The van der Waals surface area contributed by atoms with Gasteiger partial charge in [0.2, 0.25) is 5.95 Å². The molecule has 1 N–H and O–H groups in total. The lowest BCUT2D eigenvalue weighted by molar-refractivity contribution is 0.626. The van der Waals surface area contributed by atoms with Crippen molar-refractivity contribution in [1.29, 1.82) is 0 Å². The average molecular weight is 397 g/mol. The molecule has 0 saturated carbocycles. The highest BCUT2D eigenvalue weighted by atomic mass is 35.5. The molecule has 0 atom stereocenters. The van der Waals surface area contributed by atoms with E-state index in [1.54, 1.807) is 18.3 Å². The minimum Gasteiger partial charge on any atom is -0.352 e. The Kier molecular flexibility index (Phi) is 4.92. The van der Waals surface area contributed by atoms with E-state index in [4.69, 9.17) is 11.6 Å². The molecule has 142 valence electrons. The number of rotatable bonds is 5. The maximum Gasteiger partial charge on any atom is 0.223 e. The van der Waals surface area contributed by atoms with Gasteiger partial charge in [-0.05, 0) is 49.7 Å².